The Kier molecular flexibility index (Phi) is 7.57. The maximum atomic E-state index is 11.9. The predicted octanol–water partition coefficient (Wildman–Crippen LogP) is 2.94. The quantitative estimate of drug-likeness (QED) is 0.368. The van der Waals surface area contributed by atoms with Gasteiger partial charge in [0.2, 0.25) is 0 Å². The number of carbonyl (C=O) groups excluding carboxylic acids is 2. The van der Waals surface area contributed by atoms with E-state index in [2.05, 4.69) is 48.0 Å². The van der Waals surface area contributed by atoms with Gasteiger partial charge in [-0.25, -0.2) is 0 Å². The number of aryl methyl sites for hydroxylation is 1. The summed E-state index contributed by atoms with van der Waals surface area (Å²) in [5.41, 5.74) is 5.58. The third kappa shape index (κ3) is 6.19. The molecular weight excluding hydrogens is 502 g/mol. The van der Waals surface area contributed by atoms with Gasteiger partial charge in [-0.05, 0) is 64.9 Å². The Balaban J connectivity index is 1.81. The van der Waals surface area contributed by atoms with Crippen molar-refractivity contribution in [2.45, 2.75) is 6.92 Å². The van der Waals surface area contributed by atoms with Gasteiger partial charge in [0, 0.05) is 4.47 Å². The van der Waals surface area contributed by atoms with E-state index in [1.807, 2.05) is 13.0 Å². The fourth-order valence-electron chi connectivity index (χ4n) is 2.05. The van der Waals surface area contributed by atoms with Gasteiger partial charge in [0.05, 0.1) is 10.0 Å². The first-order valence-electron chi connectivity index (χ1n) is 7.54. The summed E-state index contributed by atoms with van der Waals surface area (Å²) in [7, 11) is 0. The molecule has 27 heavy (non-hydrogen) atoms. The molecule has 0 saturated carbocycles. The van der Waals surface area contributed by atoms with Crippen molar-refractivity contribution in [3.63, 3.8) is 0 Å². The fourth-order valence-corrected chi connectivity index (χ4v) is 3.77. The summed E-state index contributed by atoms with van der Waals surface area (Å²) in [4.78, 5) is 23.9. The fraction of sp³-hybridized carbons (Fsp3) is 0.118. The monoisotopic (exact) mass is 515 g/mol. The maximum absolute atomic E-state index is 11.9. The molecule has 0 radical (unpaired) electrons. The number of amides is 2. The van der Waals surface area contributed by atoms with E-state index >= 15 is 0 Å². The van der Waals surface area contributed by atoms with E-state index in [1.54, 1.807) is 18.2 Å². The van der Waals surface area contributed by atoms with E-state index in [0.29, 0.717) is 10.2 Å². The molecule has 0 aromatic heterocycles. The third-order valence-corrected chi connectivity index (χ3v) is 4.48. The van der Waals surface area contributed by atoms with Crippen LogP contribution < -0.4 is 20.9 Å². The lowest BCUT2D eigenvalue weighted by Gasteiger charge is -2.13. The average molecular weight is 517 g/mol. The van der Waals surface area contributed by atoms with Gasteiger partial charge in [0.25, 0.3) is 11.8 Å². The molecule has 0 aliphatic rings. The highest BCUT2D eigenvalue weighted by Gasteiger charge is 2.13. The summed E-state index contributed by atoms with van der Waals surface area (Å²) in [5, 5.41) is 11.9. The van der Waals surface area contributed by atoms with Crippen LogP contribution in [0.15, 0.2) is 45.3 Å². The number of para-hydroxylation sites is 1. The Morgan fingerprint density at radius 2 is 1.89 bits per heavy atom. The maximum Gasteiger partial charge on any atom is 0.273 e. The average Bonchev–Trinajstić information content (AvgIpc) is 2.59. The highest BCUT2D eigenvalue weighted by atomic mass is 79.9. The number of aromatic hydroxyl groups is 1. The first-order valence-corrected chi connectivity index (χ1v) is 9.54. The van der Waals surface area contributed by atoms with Crippen LogP contribution >= 0.6 is 44.1 Å². The molecule has 0 unspecified atom stereocenters. The van der Waals surface area contributed by atoms with Crippen LogP contribution in [0.4, 0.5) is 0 Å². The summed E-state index contributed by atoms with van der Waals surface area (Å²) in [6, 6.07) is 9.69. The van der Waals surface area contributed by atoms with Crippen LogP contribution in [0.5, 0.6) is 11.5 Å². The van der Waals surface area contributed by atoms with Gasteiger partial charge < -0.3 is 9.84 Å². The zero-order valence-corrected chi connectivity index (χ0v) is 18.0. The molecule has 2 rings (SSSR count). The predicted molar refractivity (Wildman–Crippen MR) is 112 cm³/mol. The summed E-state index contributed by atoms with van der Waals surface area (Å²) < 4.78 is 7.10. The van der Waals surface area contributed by atoms with E-state index < -0.39 is 11.8 Å². The van der Waals surface area contributed by atoms with E-state index in [0.717, 1.165) is 10.0 Å². The van der Waals surface area contributed by atoms with E-state index in [1.165, 1.54) is 12.1 Å². The van der Waals surface area contributed by atoms with Gasteiger partial charge in [0.15, 0.2) is 11.7 Å². The molecule has 0 fully saturated rings. The molecule has 0 heterocycles. The van der Waals surface area contributed by atoms with Crippen molar-refractivity contribution in [2.24, 2.45) is 0 Å². The minimum atomic E-state index is -0.602. The first-order chi connectivity index (χ1) is 12.8. The number of thiocarbonyl (C=S) groups is 1. The first kappa shape index (κ1) is 21.1. The largest absolute Gasteiger partial charge is 0.507 e. The van der Waals surface area contributed by atoms with Crippen molar-refractivity contribution in [1.29, 1.82) is 0 Å². The molecule has 2 aromatic rings. The molecule has 142 valence electrons. The van der Waals surface area contributed by atoms with Crippen LogP contribution in [-0.2, 0) is 4.79 Å². The number of hydrogen-bond donors (Lipinski definition) is 4. The highest BCUT2D eigenvalue weighted by Crippen LogP contribution is 2.32. The molecule has 7 nitrogen and oxygen atoms in total. The van der Waals surface area contributed by atoms with Crippen LogP contribution in [0.2, 0.25) is 0 Å². The van der Waals surface area contributed by atoms with Gasteiger partial charge in [-0.2, -0.15) is 0 Å². The molecule has 0 atom stereocenters. The summed E-state index contributed by atoms with van der Waals surface area (Å²) in [5.74, 6) is -0.732. The second kappa shape index (κ2) is 9.67. The smallest absolute Gasteiger partial charge is 0.273 e. The number of hydrogen-bond acceptors (Lipinski definition) is 5. The zero-order valence-electron chi connectivity index (χ0n) is 14.0. The molecule has 0 aliphatic carbocycles. The van der Waals surface area contributed by atoms with Crippen molar-refractivity contribution >= 4 is 61.0 Å². The lowest BCUT2D eigenvalue weighted by Crippen LogP contribution is -2.49. The Morgan fingerprint density at radius 3 is 2.56 bits per heavy atom. The Bertz CT molecular complexity index is 869. The Labute approximate surface area is 177 Å². The molecule has 2 amide bonds. The Morgan fingerprint density at radius 1 is 1.19 bits per heavy atom. The van der Waals surface area contributed by atoms with Gasteiger partial charge in [-0.1, -0.05) is 28.1 Å². The van der Waals surface area contributed by atoms with Crippen molar-refractivity contribution in [3.8, 4) is 11.5 Å². The van der Waals surface area contributed by atoms with E-state index in [-0.39, 0.29) is 23.0 Å². The van der Waals surface area contributed by atoms with Gasteiger partial charge in [0.1, 0.15) is 11.5 Å². The highest BCUT2D eigenvalue weighted by molar-refractivity contribution is 9.11. The number of rotatable bonds is 4. The van der Waals surface area contributed by atoms with Gasteiger partial charge >= 0.3 is 0 Å². The number of phenols is 1. The second-order valence-electron chi connectivity index (χ2n) is 5.30. The number of ether oxygens (including phenoxy) is 1. The summed E-state index contributed by atoms with van der Waals surface area (Å²) in [6.45, 7) is 1.58. The molecule has 0 bridgehead atoms. The van der Waals surface area contributed by atoms with Crippen molar-refractivity contribution in [1.82, 2.24) is 16.2 Å². The normalized spacial score (nSPS) is 10.0. The standard InChI is InChI=1S/C17H15Br2N3O4S/c1-9-6-10(18)7-12(19)15(9)26-8-14(24)20-17(27)22-21-16(25)11-4-2-3-5-13(11)23/h2-7,23H,8H2,1H3,(H,21,25)(H2,20,22,24,27). The van der Waals surface area contributed by atoms with Crippen molar-refractivity contribution in [3.05, 3.63) is 56.5 Å². The van der Waals surface area contributed by atoms with Crippen LogP contribution in [0.25, 0.3) is 0 Å². The minimum absolute atomic E-state index is 0.0676. The minimum Gasteiger partial charge on any atom is -0.507 e. The summed E-state index contributed by atoms with van der Waals surface area (Å²) >= 11 is 11.7. The van der Waals surface area contributed by atoms with Gasteiger partial charge in [-0.3, -0.25) is 25.8 Å². The van der Waals surface area contributed by atoms with Gasteiger partial charge in [-0.15, -0.1) is 0 Å². The lowest BCUT2D eigenvalue weighted by atomic mass is 10.2. The molecule has 4 N–H and O–H groups in total. The number of hydrazine groups is 1. The summed E-state index contributed by atoms with van der Waals surface area (Å²) in [6.07, 6.45) is 0. The molecule has 0 aliphatic heterocycles. The molecular formula is C17H15Br2N3O4S. The third-order valence-electron chi connectivity index (χ3n) is 3.23. The molecule has 10 heteroatoms. The number of phenolic OH excluding ortho intramolecular Hbond substituents is 1. The molecule has 0 saturated heterocycles. The lowest BCUT2D eigenvalue weighted by molar-refractivity contribution is -0.121. The molecule has 0 spiro atoms. The van der Waals surface area contributed by atoms with E-state index in [4.69, 9.17) is 17.0 Å². The Hall–Kier alpha value is -2.17. The number of benzene rings is 2. The molecule has 2 aromatic carbocycles. The number of nitrogens with one attached hydrogen (secondary N) is 3. The van der Waals surface area contributed by atoms with Crippen molar-refractivity contribution in [2.75, 3.05) is 6.61 Å². The van der Waals surface area contributed by atoms with Crippen LogP contribution in [0, 0.1) is 6.92 Å². The van der Waals surface area contributed by atoms with Crippen molar-refractivity contribution < 1.29 is 19.4 Å². The second-order valence-corrected chi connectivity index (χ2v) is 7.47. The number of halogens is 2. The van der Waals surface area contributed by atoms with E-state index in [9.17, 15) is 14.7 Å². The number of carbonyl (C=O) groups is 2. The topological polar surface area (TPSA) is 99.7 Å². The van der Waals surface area contributed by atoms with Crippen LogP contribution in [0.3, 0.4) is 0 Å². The SMILES string of the molecule is Cc1cc(Br)cc(Br)c1OCC(=O)NC(=S)NNC(=O)c1ccccc1O. The zero-order chi connectivity index (χ0) is 20.0. The van der Waals surface area contributed by atoms with Crippen LogP contribution in [0.1, 0.15) is 15.9 Å². The van der Waals surface area contributed by atoms with Crippen LogP contribution in [-0.4, -0.2) is 28.6 Å².